The number of rotatable bonds is 2. The van der Waals surface area contributed by atoms with Gasteiger partial charge in [-0.2, -0.15) is 0 Å². The average Bonchev–Trinajstić information content (AvgIpc) is 2.75. The van der Waals surface area contributed by atoms with E-state index in [0.29, 0.717) is 5.69 Å². The first-order chi connectivity index (χ1) is 5.90. The third kappa shape index (κ3) is 1.05. The number of nitrogens with one attached hydrogen (secondary N) is 1. The van der Waals surface area contributed by atoms with Crippen LogP contribution in [0.3, 0.4) is 0 Å². The summed E-state index contributed by atoms with van der Waals surface area (Å²) in [6.45, 7) is 0. The van der Waals surface area contributed by atoms with Crippen molar-refractivity contribution in [1.29, 1.82) is 0 Å². The predicted molar refractivity (Wildman–Crippen MR) is 43.9 cm³/mol. The second-order valence-electron chi connectivity index (χ2n) is 2.42. The molecule has 3 nitrogen and oxygen atoms in total. The standard InChI is InChI=1S/C9H7NO2/c11-6-7-3-4-8(10-7)9-2-1-5-12-9/h1-6,10H. The molecule has 0 radical (unpaired) electrons. The Hall–Kier alpha value is -1.77. The number of furan rings is 1. The van der Waals surface area contributed by atoms with Crippen LogP contribution in [0.25, 0.3) is 11.5 Å². The molecular formula is C9H7NO2. The minimum absolute atomic E-state index is 0.557. The lowest BCUT2D eigenvalue weighted by molar-refractivity contribution is 0.111. The van der Waals surface area contributed by atoms with Gasteiger partial charge in [0.25, 0.3) is 0 Å². The number of carbonyl (C=O) groups is 1. The van der Waals surface area contributed by atoms with E-state index in [1.807, 2.05) is 12.1 Å². The van der Waals surface area contributed by atoms with E-state index < -0.39 is 0 Å². The smallest absolute Gasteiger partial charge is 0.166 e. The van der Waals surface area contributed by atoms with Gasteiger partial charge < -0.3 is 9.40 Å². The molecule has 60 valence electrons. The molecule has 0 aromatic carbocycles. The molecule has 0 saturated heterocycles. The Kier molecular flexibility index (Phi) is 1.55. The van der Waals surface area contributed by atoms with Gasteiger partial charge in [0.1, 0.15) is 5.76 Å². The van der Waals surface area contributed by atoms with Crippen LogP contribution in [-0.2, 0) is 0 Å². The van der Waals surface area contributed by atoms with Gasteiger partial charge in [-0.15, -0.1) is 0 Å². The molecular weight excluding hydrogens is 154 g/mol. The number of hydrogen-bond donors (Lipinski definition) is 1. The summed E-state index contributed by atoms with van der Waals surface area (Å²) in [4.78, 5) is 13.2. The Labute approximate surface area is 69.0 Å². The van der Waals surface area contributed by atoms with Gasteiger partial charge in [0.15, 0.2) is 6.29 Å². The topological polar surface area (TPSA) is 46.0 Å². The largest absolute Gasteiger partial charge is 0.463 e. The van der Waals surface area contributed by atoms with Gasteiger partial charge in [-0.25, -0.2) is 0 Å². The molecule has 3 heteroatoms. The van der Waals surface area contributed by atoms with Gasteiger partial charge in [0.2, 0.25) is 0 Å². The third-order valence-electron chi connectivity index (χ3n) is 1.62. The van der Waals surface area contributed by atoms with Crippen molar-refractivity contribution in [3.05, 3.63) is 36.2 Å². The number of H-pyrrole nitrogens is 1. The Morgan fingerprint density at radius 3 is 2.83 bits per heavy atom. The molecule has 0 spiro atoms. The lowest BCUT2D eigenvalue weighted by Gasteiger charge is -1.88. The predicted octanol–water partition coefficient (Wildman–Crippen LogP) is 2.09. The molecule has 0 aliphatic rings. The van der Waals surface area contributed by atoms with Crippen LogP contribution in [0.1, 0.15) is 10.5 Å². The van der Waals surface area contributed by atoms with Gasteiger partial charge in [-0.3, -0.25) is 4.79 Å². The van der Waals surface area contributed by atoms with Crippen LogP contribution in [-0.4, -0.2) is 11.3 Å². The molecule has 2 heterocycles. The van der Waals surface area contributed by atoms with Crippen LogP contribution in [0.4, 0.5) is 0 Å². The number of aldehydes is 1. The van der Waals surface area contributed by atoms with Crippen molar-refractivity contribution < 1.29 is 9.21 Å². The molecule has 12 heavy (non-hydrogen) atoms. The van der Waals surface area contributed by atoms with E-state index in [1.165, 1.54) is 0 Å². The van der Waals surface area contributed by atoms with Crippen molar-refractivity contribution in [2.45, 2.75) is 0 Å². The summed E-state index contributed by atoms with van der Waals surface area (Å²) in [5, 5.41) is 0. The molecule has 2 aromatic heterocycles. The maximum Gasteiger partial charge on any atom is 0.166 e. The molecule has 0 amide bonds. The fourth-order valence-corrected chi connectivity index (χ4v) is 1.06. The summed E-state index contributed by atoms with van der Waals surface area (Å²) in [6, 6.07) is 7.16. The Morgan fingerprint density at radius 1 is 1.33 bits per heavy atom. The maximum atomic E-state index is 10.3. The first-order valence-electron chi connectivity index (χ1n) is 3.58. The number of carbonyl (C=O) groups excluding carboxylic acids is 1. The highest BCUT2D eigenvalue weighted by molar-refractivity contribution is 5.74. The van der Waals surface area contributed by atoms with E-state index >= 15 is 0 Å². The van der Waals surface area contributed by atoms with E-state index in [4.69, 9.17) is 4.42 Å². The molecule has 0 aliphatic carbocycles. The lowest BCUT2D eigenvalue weighted by Crippen LogP contribution is -1.77. The Bertz CT molecular complexity index is 373. The van der Waals surface area contributed by atoms with Crippen LogP contribution < -0.4 is 0 Å². The van der Waals surface area contributed by atoms with Crippen LogP contribution >= 0.6 is 0 Å². The number of aromatic amines is 1. The minimum atomic E-state index is 0.557. The van der Waals surface area contributed by atoms with Crippen LogP contribution in [0.5, 0.6) is 0 Å². The molecule has 1 N–H and O–H groups in total. The van der Waals surface area contributed by atoms with Crippen molar-refractivity contribution in [1.82, 2.24) is 4.98 Å². The minimum Gasteiger partial charge on any atom is -0.463 e. The van der Waals surface area contributed by atoms with Gasteiger partial charge in [0, 0.05) is 0 Å². The molecule has 0 atom stereocenters. The molecule has 0 unspecified atom stereocenters. The molecule has 0 fully saturated rings. The van der Waals surface area contributed by atoms with E-state index in [9.17, 15) is 4.79 Å². The molecule has 0 bridgehead atoms. The Balaban J connectivity index is 2.41. The number of hydrogen-bond acceptors (Lipinski definition) is 2. The first-order valence-corrected chi connectivity index (χ1v) is 3.58. The molecule has 0 aliphatic heterocycles. The van der Waals surface area contributed by atoms with Gasteiger partial charge in [0.05, 0.1) is 17.7 Å². The molecule has 0 saturated carbocycles. The maximum absolute atomic E-state index is 10.3. The summed E-state index contributed by atoms with van der Waals surface area (Å²) in [6.07, 6.45) is 2.36. The highest BCUT2D eigenvalue weighted by atomic mass is 16.3. The summed E-state index contributed by atoms with van der Waals surface area (Å²) in [5.74, 6) is 0.739. The second-order valence-corrected chi connectivity index (χ2v) is 2.42. The van der Waals surface area contributed by atoms with Gasteiger partial charge in [-0.05, 0) is 24.3 Å². The second kappa shape index (κ2) is 2.70. The third-order valence-corrected chi connectivity index (χ3v) is 1.62. The molecule has 2 rings (SSSR count). The van der Waals surface area contributed by atoms with E-state index in [1.54, 1.807) is 18.4 Å². The zero-order valence-electron chi connectivity index (χ0n) is 6.28. The summed E-state index contributed by atoms with van der Waals surface area (Å²) in [7, 11) is 0. The van der Waals surface area contributed by atoms with Crippen LogP contribution in [0.15, 0.2) is 34.9 Å². The van der Waals surface area contributed by atoms with Crippen molar-refractivity contribution in [2.24, 2.45) is 0 Å². The van der Waals surface area contributed by atoms with Gasteiger partial charge >= 0.3 is 0 Å². The highest BCUT2D eigenvalue weighted by Crippen LogP contribution is 2.17. The quantitative estimate of drug-likeness (QED) is 0.685. The van der Waals surface area contributed by atoms with Crippen molar-refractivity contribution >= 4 is 6.29 Å². The summed E-state index contributed by atoms with van der Waals surface area (Å²) in [5.41, 5.74) is 1.38. The highest BCUT2D eigenvalue weighted by Gasteiger charge is 2.01. The van der Waals surface area contributed by atoms with Crippen molar-refractivity contribution in [2.75, 3.05) is 0 Å². The fourth-order valence-electron chi connectivity index (χ4n) is 1.06. The summed E-state index contributed by atoms with van der Waals surface area (Å²) < 4.78 is 5.13. The zero-order valence-corrected chi connectivity index (χ0v) is 6.28. The van der Waals surface area contributed by atoms with Crippen LogP contribution in [0, 0.1) is 0 Å². The lowest BCUT2D eigenvalue weighted by atomic mass is 10.3. The Morgan fingerprint density at radius 2 is 2.25 bits per heavy atom. The zero-order chi connectivity index (χ0) is 8.39. The van der Waals surface area contributed by atoms with Crippen molar-refractivity contribution in [3.63, 3.8) is 0 Å². The normalized spacial score (nSPS) is 10.0. The first kappa shape index (κ1) is 6.91. The van der Waals surface area contributed by atoms with Crippen molar-refractivity contribution in [3.8, 4) is 11.5 Å². The number of aromatic nitrogens is 1. The summed E-state index contributed by atoms with van der Waals surface area (Å²) >= 11 is 0. The van der Waals surface area contributed by atoms with E-state index in [-0.39, 0.29) is 0 Å². The van der Waals surface area contributed by atoms with Crippen LogP contribution in [0.2, 0.25) is 0 Å². The average molecular weight is 161 g/mol. The fraction of sp³-hybridized carbons (Fsp3) is 0. The van der Waals surface area contributed by atoms with Gasteiger partial charge in [-0.1, -0.05) is 0 Å². The van der Waals surface area contributed by atoms with E-state index in [2.05, 4.69) is 4.98 Å². The SMILES string of the molecule is O=Cc1ccc(-c2ccco2)[nH]1. The molecule has 2 aromatic rings. The monoisotopic (exact) mass is 161 g/mol. The van der Waals surface area contributed by atoms with E-state index in [0.717, 1.165) is 17.7 Å².